The molecule has 1 fully saturated rings. The Morgan fingerprint density at radius 2 is 2.09 bits per heavy atom. The van der Waals surface area contributed by atoms with Crippen molar-refractivity contribution in [2.45, 2.75) is 50.8 Å². The second-order valence-corrected chi connectivity index (χ2v) is 5.97. The van der Waals surface area contributed by atoms with Crippen LogP contribution in [0, 0.1) is 0 Å². The van der Waals surface area contributed by atoms with Gasteiger partial charge in [-0.05, 0) is 43.2 Å². The summed E-state index contributed by atoms with van der Waals surface area (Å²) in [4.78, 5) is 12.2. The molecule has 2 heterocycles. The summed E-state index contributed by atoms with van der Waals surface area (Å²) in [5, 5.41) is 6.37. The van der Waals surface area contributed by atoms with Crippen molar-refractivity contribution in [2.24, 2.45) is 0 Å². The van der Waals surface area contributed by atoms with Gasteiger partial charge in [-0.15, -0.1) is 12.4 Å². The lowest BCUT2D eigenvalue weighted by molar-refractivity contribution is -0.123. The minimum atomic E-state index is -0.104. The smallest absolute Gasteiger partial charge is 0.237 e. The summed E-state index contributed by atoms with van der Waals surface area (Å²) in [5.74, 6) is 0.111. The Kier molecular flexibility index (Phi) is 6.68. The summed E-state index contributed by atoms with van der Waals surface area (Å²) in [5.41, 5.74) is 2.59. The maximum absolute atomic E-state index is 12.2. The minimum Gasteiger partial charge on any atom is -0.378 e. The zero-order valence-corrected chi connectivity index (χ0v) is 13.7. The number of fused-ring (bicyclic) bond motifs is 1. The third kappa shape index (κ3) is 4.45. The van der Waals surface area contributed by atoms with Gasteiger partial charge in [0.15, 0.2) is 0 Å². The summed E-state index contributed by atoms with van der Waals surface area (Å²) in [6.45, 7) is 2.36. The molecule has 2 unspecified atom stereocenters. The number of carbonyl (C=O) groups excluding carboxylic acids is 1. The van der Waals surface area contributed by atoms with Gasteiger partial charge in [-0.1, -0.05) is 24.3 Å². The molecule has 3 rings (SSSR count). The molecule has 0 aliphatic carbocycles. The van der Waals surface area contributed by atoms with Crippen molar-refractivity contribution in [3.8, 4) is 0 Å². The summed E-state index contributed by atoms with van der Waals surface area (Å²) < 4.78 is 5.68. The third-order valence-corrected chi connectivity index (χ3v) is 4.44. The van der Waals surface area contributed by atoms with Crippen LogP contribution in [-0.4, -0.2) is 31.2 Å². The summed E-state index contributed by atoms with van der Waals surface area (Å²) in [6, 6.07) is 8.22. The first-order valence-corrected chi connectivity index (χ1v) is 8.02. The van der Waals surface area contributed by atoms with E-state index in [9.17, 15) is 4.79 Å². The molecule has 122 valence electrons. The van der Waals surface area contributed by atoms with Crippen LogP contribution < -0.4 is 10.6 Å². The monoisotopic (exact) mass is 324 g/mol. The molecule has 2 atom stereocenters. The van der Waals surface area contributed by atoms with Crippen LogP contribution in [0.3, 0.4) is 0 Å². The van der Waals surface area contributed by atoms with Gasteiger partial charge in [0.2, 0.25) is 5.91 Å². The first-order chi connectivity index (χ1) is 10.3. The van der Waals surface area contributed by atoms with Crippen molar-refractivity contribution >= 4 is 18.3 Å². The molecule has 1 aromatic rings. The number of nitrogens with one attached hydrogen (secondary N) is 2. The van der Waals surface area contributed by atoms with E-state index in [2.05, 4.69) is 22.8 Å². The number of carbonyl (C=O) groups is 1. The fourth-order valence-corrected chi connectivity index (χ4v) is 3.15. The lowest BCUT2D eigenvalue weighted by atomic mass is 9.95. The molecule has 0 spiro atoms. The van der Waals surface area contributed by atoms with Gasteiger partial charge in [0, 0.05) is 19.7 Å². The third-order valence-electron chi connectivity index (χ3n) is 4.44. The molecule has 0 aromatic heterocycles. The standard InChI is InChI=1S/C17H24N2O2.ClH/c20-17(18-9-8-15-7-3-4-10-21-15)16-11-13-5-1-2-6-14(13)12-19-16;/h1-2,5-6,15-16,19H,3-4,7-12H2,(H,18,20);1H. The van der Waals surface area contributed by atoms with Crippen LogP contribution in [-0.2, 0) is 22.5 Å². The topological polar surface area (TPSA) is 50.4 Å². The summed E-state index contributed by atoms with van der Waals surface area (Å²) >= 11 is 0. The van der Waals surface area contributed by atoms with E-state index in [4.69, 9.17) is 4.74 Å². The molecule has 2 N–H and O–H groups in total. The van der Waals surface area contributed by atoms with E-state index < -0.39 is 0 Å². The second kappa shape index (κ2) is 8.51. The molecule has 22 heavy (non-hydrogen) atoms. The Morgan fingerprint density at radius 3 is 2.86 bits per heavy atom. The van der Waals surface area contributed by atoms with Crippen LogP contribution in [0.5, 0.6) is 0 Å². The van der Waals surface area contributed by atoms with Gasteiger partial charge in [0.25, 0.3) is 0 Å². The molecule has 0 bridgehead atoms. The highest BCUT2D eigenvalue weighted by Gasteiger charge is 2.23. The average molecular weight is 325 g/mol. The van der Waals surface area contributed by atoms with Crippen molar-refractivity contribution in [2.75, 3.05) is 13.2 Å². The number of halogens is 1. The van der Waals surface area contributed by atoms with E-state index in [1.165, 1.54) is 24.0 Å². The van der Waals surface area contributed by atoms with Crippen LogP contribution >= 0.6 is 12.4 Å². The Labute approximate surface area is 138 Å². The van der Waals surface area contributed by atoms with Gasteiger partial charge >= 0.3 is 0 Å². The van der Waals surface area contributed by atoms with Gasteiger partial charge in [-0.2, -0.15) is 0 Å². The number of benzene rings is 1. The van der Waals surface area contributed by atoms with Gasteiger partial charge in [-0.25, -0.2) is 0 Å². The fraction of sp³-hybridized carbons (Fsp3) is 0.588. The van der Waals surface area contributed by atoms with Crippen molar-refractivity contribution in [1.29, 1.82) is 0 Å². The highest BCUT2D eigenvalue weighted by molar-refractivity contribution is 5.85. The Balaban J connectivity index is 0.00000176. The second-order valence-electron chi connectivity index (χ2n) is 5.97. The van der Waals surface area contributed by atoms with Crippen LogP contribution in [0.25, 0.3) is 0 Å². The maximum Gasteiger partial charge on any atom is 0.237 e. The Hall–Kier alpha value is -1.10. The SMILES string of the molecule is Cl.O=C(NCCC1CCCCO1)C1Cc2ccccc2CN1. The molecule has 2 aliphatic rings. The maximum atomic E-state index is 12.2. The number of ether oxygens (including phenoxy) is 1. The van der Waals surface area contributed by atoms with Gasteiger partial charge in [0.05, 0.1) is 12.1 Å². The quantitative estimate of drug-likeness (QED) is 0.892. The number of hydrogen-bond acceptors (Lipinski definition) is 3. The van der Waals surface area contributed by atoms with Crippen molar-refractivity contribution < 1.29 is 9.53 Å². The minimum absolute atomic E-state index is 0. The zero-order chi connectivity index (χ0) is 14.5. The van der Waals surface area contributed by atoms with Gasteiger partial charge in [0.1, 0.15) is 0 Å². The predicted molar refractivity (Wildman–Crippen MR) is 89.2 cm³/mol. The Bertz CT molecular complexity index is 489. The van der Waals surface area contributed by atoms with Gasteiger partial charge in [-0.3, -0.25) is 4.79 Å². The van der Waals surface area contributed by atoms with Crippen molar-refractivity contribution in [1.82, 2.24) is 10.6 Å². The lowest BCUT2D eigenvalue weighted by Crippen LogP contribution is -2.48. The van der Waals surface area contributed by atoms with E-state index in [-0.39, 0.29) is 24.4 Å². The molecule has 1 amide bonds. The molecule has 2 aliphatic heterocycles. The molecular weight excluding hydrogens is 300 g/mol. The lowest BCUT2D eigenvalue weighted by Gasteiger charge is -2.26. The zero-order valence-electron chi connectivity index (χ0n) is 12.8. The number of rotatable bonds is 4. The number of hydrogen-bond donors (Lipinski definition) is 2. The van der Waals surface area contributed by atoms with E-state index in [0.717, 1.165) is 32.4 Å². The fourth-order valence-electron chi connectivity index (χ4n) is 3.15. The average Bonchev–Trinajstić information content (AvgIpc) is 2.55. The van der Waals surface area contributed by atoms with Crippen molar-refractivity contribution in [3.63, 3.8) is 0 Å². The van der Waals surface area contributed by atoms with E-state index in [1.54, 1.807) is 0 Å². The normalized spacial score (nSPS) is 24.0. The number of amides is 1. The van der Waals surface area contributed by atoms with E-state index >= 15 is 0 Å². The molecule has 5 heteroatoms. The first-order valence-electron chi connectivity index (χ1n) is 8.02. The molecule has 0 radical (unpaired) electrons. The van der Waals surface area contributed by atoms with E-state index in [0.29, 0.717) is 12.6 Å². The first kappa shape index (κ1) is 17.3. The van der Waals surface area contributed by atoms with E-state index in [1.807, 2.05) is 12.1 Å². The molecule has 1 aromatic carbocycles. The largest absolute Gasteiger partial charge is 0.378 e. The van der Waals surface area contributed by atoms with Crippen molar-refractivity contribution in [3.05, 3.63) is 35.4 Å². The molecular formula is C17H25ClN2O2. The summed E-state index contributed by atoms with van der Waals surface area (Å²) in [6.07, 6.45) is 5.59. The molecule has 1 saturated heterocycles. The predicted octanol–water partition coefficient (Wildman–Crippen LogP) is 2.20. The highest BCUT2D eigenvalue weighted by Crippen LogP contribution is 2.17. The van der Waals surface area contributed by atoms with Gasteiger partial charge < -0.3 is 15.4 Å². The molecule has 4 nitrogen and oxygen atoms in total. The van der Waals surface area contributed by atoms with Crippen LogP contribution in [0.1, 0.15) is 36.8 Å². The summed E-state index contributed by atoms with van der Waals surface area (Å²) in [7, 11) is 0. The van der Waals surface area contributed by atoms with Crippen LogP contribution in [0.15, 0.2) is 24.3 Å². The molecule has 0 saturated carbocycles. The van der Waals surface area contributed by atoms with Crippen LogP contribution in [0.4, 0.5) is 0 Å². The Morgan fingerprint density at radius 1 is 1.27 bits per heavy atom. The van der Waals surface area contributed by atoms with Crippen LogP contribution in [0.2, 0.25) is 0 Å². The highest BCUT2D eigenvalue weighted by atomic mass is 35.5.